The number of benzene rings is 1. The van der Waals surface area contributed by atoms with Gasteiger partial charge in [-0.05, 0) is 30.2 Å². The summed E-state index contributed by atoms with van der Waals surface area (Å²) in [5, 5.41) is 6.44. The number of halogens is 1. The van der Waals surface area contributed by atoms with Gasteiger partial charge in [0.25, 0.3) is 0 Å². The summed E-state index contributed by atoms with van der Waals surface area (Å²) in [6, 6.07) is 5.79. The summed E-state index contributed by atoms with van der Waals surface area (Å²) in [5.74, 6) is 0.625. The molecule has 0 saturated carbocycles. The summed E-state index contributed by atoms with van der Waals surface area (Å²) >= 11 is 7.83. The van der Waals surface area contributed by atoms with Crippen molar-refractivity contribution in [3.05, 3.63) is 28.8 Å². The maximum atomic E-state index is 12.2. The van der Waals surface area contributed by atoms with E-state index in [1.54, 1.807) is 11.8 Å². The first-order chi connectivity index (χ1) is 9.63. The van der Waals surface area contributed by atoms with Crippen LogP contribution in [-0.2, 0) is 9.59 Å². The third kappa shape index (κ3) is 2.79. The number of hydrogen-bond donors (Lipinski definition) is 2. The van der Waals surface area contributed by atoms with E-state index in [0.717, 1.165) is 17.7 Å². The van der Waals surface area contributed by atoms with Gasteiger partial charge in [0.05, 0.1) is 12.0 Å². The zero-order chi connectivity index (χ0) is 14.1. The maximum absolute atomic E-state index is 12.2. The lowest BCUT2D eigenvalue weighted by molar-refractivity contribution is -0.127. The highest BCUT2D eigenvalue weighted by Crippen LogP contribution is 2.37. The Kier molecular flexibility index (Phi) is 3.89. The van der Waals surface area contributed by atoms with Gasteiger partial charge in [-0.25, -0.2) is 0 Å². The SMILES string of the molecule is O=C1CC(C(=O)NC2CCSc3ccc(Cl)cc32)CN1. The lowest BCUT2D eigenvalue weighted by atomic mass is 10.0. The molecule has 6 heteroatoms. The Morgan fingerprint density at radius 1 is 1.45 bits per heavy atom. The highest BCUT2D eigenvalue weighted by atomic mass is 35.5. The third-order valence-electron chi connectivity index (χ3n) is 3.68. The van der Waals surface area contributed by atoms with Crippen molar-refractivity contribution in [2.45, 2.75) is 23.8 Å². The molecule has 1 aromatic carbocycles. The van der Waals surface area contributed by atoms with E-state index in [-0.39, 0.29) is 30.2 Å². The second-order valence-corrected chi connectivity index (χ2v) is 6.66. The van der Waals surface area contributed by atoms with Crippen LogP contribution in [0, 0.1) is 5.92 Å². The standard InChI is InChI=1S/C14H15ClN2O2S/c15-9-1-2-12-10(6-9)11(3-4-20-12)17-14(19)8-5-13(18)16-7-8/h1-2,6,8,11H,3-5,7H2,(H,16,18)(H,17,19). The van der Waals surface area contributed by atoms with Crippen molar-refractivity contribution < 1.29 is 9.59 Å². The average Bonchev–Trinajstić information content (AvgIpc) is 2.86. The molecule has 3 rings (SSSR count). The van der Waals surface area contributed by atoms with E-state index in [0.29, 0.717) is 11.6 Å². The zero-order valence-electron chi connectivity index (χ0n) is 10.8. The zero-order valence-corrected chi connectivity index (χ0v) is 12.4. The van der Waals surface area contributed by atoms with Crippen molar-refractivity contribution >= 4 is 35.2 Å². The summed E-state index contributed by atoms with van der Waals surface area (Å²) in [4.78, 5) is 24.6. The molecule has 0 aliphatic carbocycles. The molecule has 20 heavy (non-hydrogen) atoms. The van der Waals surface area contributed by atoms with Gasteiger partial charge in [-0.3, -0.25) is 9.59 Å². The normalized spacial score (nSPS) is 24.9. The monoisotopic (exact) mass is 310 g/mol. The predicted molar refractivity (Wildman–Crippen MR) is 78.8 cm³/mol. The maximum Gasteiger partial charge on any atom is 0.225 e. The largest absolute Gasteiger partial charge is 0.355 e. The van der Waals surface area contributed by atoms with Gasteiger partial charge in [0, 0.05) is 28.6 Å². The van der Waals surface area contributed by atoms with Crippen molar-refractivity contribution in [1.82, 2.24) is 10.6 Å². The second-order valence-electron chi connectivity index (χ2n) is 5.09. The van der Waals surface area contributed by atoms with E-state index in [9.17, 15) is 9.59 Å². The molecule has 2 aliphatic heterocycles. The molecule has 1 fully saturated rings. The molecule has 0 bridgehead atoms. The van der Waals surface area contributed by atoms with Gasteiger partial charge < -0.3 is 10.6 Å². The predicted octanol–water partition coefficient (Wildman–Crippen LogP) is 2.13. The summed E-state index contributed by atoms with van der Waals surface area (Å²) in [7, 11) is 0. The molecule has 2 N–H and O–H groups in total. The lowest BCUT2D eigenvalue weighted by Crippen LogP contribution is -2.36. The summed E-state index contributed by atoms with van der Waals surface area (Å²) in [5.41, 5.74) is 1.08. The van der Waals surface area contributed by atoms with Crippen LogP contribution < -0.4 is 10.6 Å². The fraction of sp³-hybridized carbons (Fsp3) is 0.429. The van der Waals surface area contributed by atoms with Crippen LogP contribution in [0.1, 0.15) is 24.4 Å². The molecule has 0 radical (unpaired) electrons. The Morgan fingerprint density at radius 2 is 2.30 bits per heavy atom. The fourth-order valence-corrected chi connectivity index (χ4v) is 3.88. The van der Waals surface area contributed by atoms with Crippen LogP contribution in [0.25, 0.3) is 0 Å². The van der Waals surface area contributed by atoms with Crippen molar-refractivity contribution in [2.75, 3.05) is 12.3 Å². The van der Waals surface area contributed by atoms with Crippen molar-refractivity contribution in [1.29, 1.82) is 0 Å². The van der Waals surface area contributed by atoms with Gasteiger partial charge in [0.2, 0.25) is 11.8 Å². The number of hydrogen-bond acceptors (Lipinski definition) is 3. The Morgan fingerprint density at radius 3 is 3.05 bits per heavy atom. The molecule has 0 aromatic heterocycles. The highest BCUT2D eigenvalue weighted by molar-refractivity contribution is 7.99. The molecule has 1 aromatic rings. The number of carbonyl (C=O) groups excluding carboxylic acids is 2. The molecule has 2 aliphatic rings. The topological polar surface area (TPSA) is 58.2 Å². The smallest absolute Gasteiger partial charge is 0.225 e. The number of carbonyl (C=O) groups is 2. The molecule has 2 amide bonds. The van der Waals surface area contributed by atoms with Crippen LogP contribution in [0.5, 0.6) is 0 Å². The van der Waals surface area contributed by atoms with Gasteiger partial charge >= 0.3 is 0 Å². The molecular formula is C14H15ClN2O2S. The Balaban J connectivity index is 1.74. The molecule has 2 atom stereocenters. The lowest BCUT2D eigenvalue weighted by Gasteiger charge is -2.27. The Labute approximate surface area is 126 Å². The molecule has 106 valence electrons. The van der Waals surface area contributed by atoms with Crippen LogP contribution in [0.15, 0.2) is 23.1 Å². The van der Waals surface area contributed by atoms with Gasteiger partial charge in [-0.1, -0.05) is 11.6 Å². The summed E-state index contributed by atoms with van der Waals surface area (Å²) < 4.78 is 0. The van der Waals surface area contributed by atoms with E-state index < -0.39 is 0 Å². The van der Waals surface area contributed by atoms with Gasteiger partial charge in [0.15, 0.2) is 0 Å². The highest BCUT2D eigenvalue weighted by Gasteiger charge is 2.30. The summed E-state index contributed by atoms with van der Waals surface area (Å²) in [6.07, 6.45) is 1.17. The minimum Gasteiger partial charge on any atom is -0.355 e. The van der Waals surface area contributed by atoms with Gasteiger partial charge in [0.1, 0.15) is 0 Å². The minimum atomic E-state index is -0.250. The number of fused-ring (bicyclic) bond motifs is 1. The van der Waals surface area contributed by atoms with Crippen molar-refractivity contribution in [2.24, 2.45) is 5.92 Å². The number of thioether (sulfide) groups is 1. The van der Waals surface area contributed by atoms with E-state index in [1.165, 1.54) is 4.90 Å². The first-order valence-electron chi connectivity index (χ1n) is 6.63. The van der Waals surface area contributed by atoms with Gasteiger partial charge in [-0.2, -0.15) is 0 Å². The first kappa shape index (κ1) is 13.8. The molecule has 2 unspecified atom stereocenters. The fourth-order valence-electron chi connectivity index (χ4n) is 2.60. The number of nitrogens with one attached hydrogen (secondary N) is 2. The average molecular weight is 311 g/mol. The second kappa shape index (κ2) is 5.66. The van der Waals surface area contributed by atoms with Crippen LogP contribution in [0.2, 0.25) is 5.02 Å². The quantitative estimate of drug-likeness (QED) is 0.880. The Bertz CT molecular complexity index is 564. The first-order valence-corrected chi connectivity index (χ1v) is 7.99. The van der Waals surface area contributed by atoms with E-state index >= 15 is 0 Å². The summed E-state index contributed by atoms with van der Waals surface area (Å²) in [6.45, 7) is 0.439. The minimum absolute atomic E-state index is 0.00634. The van der Waals surface area contributed by atoms with E-state index in [4.69, 9.17) is 11.6 Å². The number of rotatable bonds is 2. The van der Waals surface area contributed by atoms with Crippen LogP contribution in [0.3, 0.4) is 0 Å². The molecule has 1 saturated heterocycles. The van der Waals surface area contributed by atoms with E-state index in [1.807, 2.05) is 18.2 Å². The third-order valence-corrected chi connectivity index (χ3v) is 5.03. The molecule has 2 heterocycles. The van der Waals surface area contributed by atoms with Crippen molar-refractivity contribution in [3.8, 4) is 0 Å². The molecule has 4 nitrogen and oxygen atoms in total. The van der Waals surface area contributed by atoms with Crippen LogP contribution in [-0.4, -0.2) is 24.1 Å². The molecular weight excluding hydrogens is 296 g/mol. The van der Waals surface area contributed by atoms with Crippen LogP contribution in [0.4, 0.5) is 0 Å². The number of amides is 2. The molecule has 0 spiro atoms. The van der Waals surface area contributed by atoms with E-state index in [2.05, 4.69) is 10.6 Å². The van der Waals surface area contributed by atoms with Crippen molar-refractivity contribution in [3.63, 3.8) is 0 Å². The Hall–Kier alpha value is -1.20. The van der Waals surface area contributed by atoms with Gasteiger partial charge in [-0.15, -0.1) is 11.8 Å². The van der Waals surface area contributed by atoms with Crippen LogP contribution >= 0.6 is 23.4 Å².